The molecule has 0 aromatic carbocycles. The van der Waals surface area contributed by atoms with Crippen LogP contribution in [0, 0.1) is 0 Å². The molecular formula is C11H16N2O. The molecule has 1 aromatic rings. The summed E-state index contributed by atoms with van der Waals surface area (Å²) in [5.74, 6) is 0. The molecule has 14 heavy (non-hydrogen) atoms. The van der Waals surface area contributed by atoms with Crippen LogP contribution < -0.4 is 5.32 Å². The maximum atomic E-state index is 9.01. The van der Waals surface area contributed by atoms with Crippen LogP contribution in [0.1, 0.15) is 36.6 Å². The van der Waals surface area contributed by atoms with Gasteiger partial charge in [-0.15, -0.1) is 0 Å². The van der Waals surface area contributed by atoms with E-state index < -0.39 is 0 Å². The van der Waals surface area contributed by atoms with Gasteiger partial charge in [0.25, 0.3) is 0 Å². The lowest BCUT2D eigenvalue weighted by Crippen LogP contribution is -2.27. The lowest BCUT2D eigenvalue weighted by molar-refractivity contribution is 0.281. The van der Waals surface area contributed by atoms with Crippen molar-refractivity contribution >= 4 is 0 Å². The van der Waals surface area contributed by atoms with E-state index in [9.17, 15) is 0 Å². The molecule has 0 bridgehead atoms. The average Bonchev–Trinajstić information content (AvgIpc) is 2.30. The fourth-order valence-corrected chi connectivity index (χ4v) is 1.89. The van der Waals surface area contributed by atoms with E-state index in [2.05, 4.69) is 10.3 Å². The molecule has 0 amide bonds. The number of hydrogen-bond acceptors (Lipinski definition) is 3. The molecule has 0 radical (unpaired) electrons. The number of aliphatic hydroxyl groups is 1. The van der Waals surface area contributed by atoms with Crippen LogP contribution in [-0.4, -0.2) is 16.6 Å². The number of hydrogen-bond donors (Lipinski definition) is 2. The molecule has 1 saturated heterocycles. The van der Waals surface area contributed by atoms with Crippen molar-refractivity contribution in [2.45, 2.75) is 31.9 Å². The van der Waals surface area contributed by atoms with Gasteiger partial charge < -0.3 is 10.4 Å². The van der Waals surface area contributed by atoms with Gasteiger partial charge in [-0.05, 0) is 37.1 Å². The zero-order chi connectivity index (χ0) is 9.80. The van der Waals surface area contributed by atoms with Crippen molar-refractivity contribution in [3.05, 3.63) is 29.6 Å². The number of aromatic nitrogens is 1. The first-order valence-corrected chi connectivity index (χ1v) is 5.19. The van der Waals surface area contributed by atoms with Gasteiger partial charge in [-0.25, -0.2) is 0 Å². The molecule has 1 aliphatic rings. The van der Waals surface area contributed by atoms with Gasteiger partial charge in [0.1, 0.15) is 0 Å². The first-order valence-electron chi connectivity index (χ1n) is 5.19. The van der Waals surface area contributed by atoms with Crippen molar-refractivity contribution in [1.29, 1.82) is 0 Å². The number of rotatable bonds is 2. The third-order valence-electron chi connectivity index (χ3n) is 2.70. The zero-order valence-corrected chi connectivity index (χ0v) is 8.24. The number of piperidine rings is 1. The van der Waals surface area contributed by atoms with E-state index in [1.54, 1.807) is 6.20 Å². The third kappa shape index (κ3) is 2.11. The summed E-state index contributed by atoms with van der Waals surface area (Å²) >= 11 is 0. The molecule has 0 aliphatic carbocycles. The second-order valence-electron chi connectivity index (χ2n) is 3.75. The Labute approximate surface area is 84.2 Å². The van der Waals surface area contributed by atoms with E-state index in [1.807, 2.05) is 12.1 Å². The van der Waals surface area contributed by atoms with Crippen molar-refractivity contribution in [3.63, 3.8) is 0 Å². The summed E-state index contributed by atoms with van der Waals surface area (Å²) in [6.07, 6.45) is 5.46. The van der Waals surface area contributed by atoms with Crippen molar-refractivity contribution in [3.8, 4) is 0 Å². The summed E-state index contributed by atoms with van der Waals surface area (Å²) < 4.78 is 0. The molecule has 1 atom stereocenters. The summed E-state index contributed by atoms with van der Waals surface area (Å²) in [7, 11) is 0. The van der Waals surface area contributed by atoms with Crippen LogP contribution in [0.4, 0.5) is 0 Å². The molecule has 76 valence electrons. The summed E-state index contributed by atoms with van der Waals surface area (Å²) in [5, 5.41) is 12.5. The second kappa shape index (κ2) is 4.53. The van der Waals surface area contributed by atoms with Gasteiger partial charge in [0, 0.05) is 12.2 Å². The van der Waals surface area contributed by atoms with E-state index in [0.717, 1.165) is 24.2 Å². The van der Waals surface area contributed by atoms with Gasteiger partial charge >= 0.3 is 0 Å². The molecule has 2 N–H and O–H groups in total. The predicted molar refractivity (Wildman–Crippen MR) is 54.8 cm³/mol. The van der Waals surface area contributed by atoms with Crippen LogP contribution in [0.25, 0.3) is 0 Å². The van der Waals surface area contributed by atoms with Gasteiger partial charge in [-0.1, -0.05) is 6.42 Å². The highest BCUT2D eigenvalue weighted by Gasteiger charge is 2.15. The van der Waals surface area contributed by atoms with Crippen LogP contribution in [0.5, 0.6) is 0 Å². The van der Waals surface area contributed by atoms with Crippen LogP contribution in [-0.2, 0) is 6.61 Å². The molecule has 0 saturated carbocycles. The normalized spacial score (nSPS) is 22.2. The first kappa shape index (κ1) is 9.62. The van der Waals surface area contributed by atoms with Crippen LogP contribution >= 0.6 is 0 Å². The Morgan fingerprint density at radius 2 is 2.43 bits per heavy atom. The summed E-state index contributed by atoms with van der Waals surface area (Å²) in [4.78, 5) is 4.34. The minimum absolute atomic E-state index is 0.0994. The largest absolute Gasteiger partial charge is 0.392 e. The third-order valence-corrected chi connectivity index (χ3v) is 2.70. The Balaban J connectivity index is 2.13. The van der Waals surface area contributed by atoms with E-state index in [1.165, 1.54) is 12.8 Å². The van der Waals surface area contributed by atoms with Crippen molar-refractivity contribution < 1.29 is 5.11 Å². The number of nitrogens with zero attached hydrogens (tertiary/aromatic N) is 1. The molecular weight excluding hydrogens is 176 g/mol. The molecule has 3 nitrogen and oxygen atoms in total. The highest BCUT2D eigenvalue weighted by molar-refractivity contribution is 5.18. The van der Waals surface area contributed by atoms with Crippen LogP contribution in [0.3, 0.4) is 0 Å². The van der Waals surface area contributed by atoms with E-state index in [0.29, 0.717) is 6.04 Å². The number of nitrogens with one attached hydrogen (secondary N) is 1. The summed E-state index contributed by atoms with van der Waals surface area (Å²) in [6.45, 7) is 1.18. The zero-order valence-electron chi connectivity index (χ0n) is 8.24. The van der Waals surface area contributed by atoms with Crippen LogP contribution in [0.15, 0.2) is 18.3 Å². The fraction of sp³-hybridized carbons (Fsp3) is 0.545. The lowest BCUT2D eigenvalue weighted by Gasteiger charge is -2.23. The molecule has 2 heterocycles. The Morgan fingerprint density at radius 1 is 1.50 bits per heavy atom. The lowest BCUT2D eigenvalue weighted by atomic mass is 10.0. The average molecular weight is 192 g/mol. The smallest absolute Gasteiger partial charge is 0.0683 e. The second-order valence-corrected chi connectivity index (χ2v) is 3.75. The number of pyridine rings is 1. The van der Waals surface area contributed by atoms with Gasteiger partial charge in [-0.3, -0.25) is 4.98 Å². The minimum Gasteiger partial charge on any atom is -0.392 e. The van der Waals surface area contributed by atoms with Gasteiger partial charge in [0.05, 0.1) is 12.3 Å². The van der Waals surface area contributed by atoms with Crippen molar-refractivity contribution in [1.82, 2.24) is 10.3 Å². The van der Waals surface area contributed by atoms with E-state index in [-0.39, 0.29) is 6.61 Å². The van der Waals surface area contributed by atoms with Gasteiger partial charge in [0.15, 0.2) is 0 Å². The fourth-order valence-electron chi connectivity index (χ4n) is 1.89. The SMILES string of the molecule is OCc1ccnc([C@@H]2CCCCN2)c1. The molecule has 3 heteroatoms. The Bertz CT molecular complexity index is 295. The Morgan fingerprint density at radius 3 is 3.14 bits per heavy atom. The molecule has 0 spiro atoms. The molecule has 2 rings (SSSR count). The standard InChI is InChI=1S/C11H16N2O/c14-8-9-4-6-13-11(7-9)10-3-1-2-5-12-10/h4,6-7,10,12,14H,1-3,5,8H2/t10-/m0/s1. The van der Waals surface area contributed by atoms with E-state index in [4.69, 9.17) is 5.11 Å². The van der Waals surface area contributed by atoms with Crippen LogP contribution in [0.2, 0.25) is 0 Å². The molecule has 1 fully saturated rings. The first-order chi connectivity index (χ1) is 6.90. The summed E-state index contributed by atoms with van der Waals surface area (Å²) in [5.41, 5.74) is 2.01. The number of aliphatic hydroxyl groups excluding tert-OH is 1. The maximum Gasteiger partial charge on any atom is 0.0683 e. The highest BCUT2D eigenvalue weighted by atomic mass is 16.3. The molecule has 1 aromatic heterocycles. The topological polar surface area (TPSA) is 45.2 Å². The van der Waals surface area contributed by atoms with Gasteiger partial charge in [0.2, 0.25) is 0 Å². The minimum atomic E-state index is 0.0994. The van der Waals surface area contributed by atoms with Crippen molar-refractivity contribution in [2.24, 2.45) is 0 Å². The Kier molecular flexibility index (Phi) is 3.11. The van der Waals surface area contributed by atoms with Crippen molar-refractivity contribution in [2.75, 3.05) is 6.54 Å². The molecule has 0 unspecified atom stereocenters. The maximum absolute atomic E-state index is 9.01. The molecule has 1 aliphatic heterocycles. The summed E-state index contributed by atoms with van der Waals surface area (Å²) in [6, 6.07) is 4.23. The predicted octanol–water partition coefficient (Wildman–Crippen LogP) is 1.39. The monoisotopic (exact) mass is 192 g/mol. The van der Waals surface area contributed by atoms with Gasteiger partial charge in [-0.2, -0.15) is 0 Å². The Hall–Kier alpha value is -0.930. The highest BCUT2D eigenvalue weighted by Crippen LogP contribution is 2.21. The van der Waals surface area contributed by atoms with E-state index >= 15 is 0 Å². The quantitative estimate of drug-likeness (QED) is 0.744.